The maximum atomic E-state index is 13.3. The van der Waals surface area contributed by atoms with E-state index in [4.69, 9.17) is 23.2 Å². The number of anilines is 1. The number of rotatable bonds is 10. The van der Waals surface area contributed by atoms with Crippen LogP contribution in [-0.4, -0.2) is 50.5 Å². The van der Waals surface area contributed by atoms with Crippen LogP contribution < -0.4 is 9.62 Å². The van der Waals surface area contributed by atoms with E-state index in [1.165, 1.54) is 47.4 Å². The molecule has 0 aliphatic heterocycles. The predicted molar refractivity (Wildman–Crippen MR) is 128 cm³/mol. The molecule has 33 heavy (non-hydrogen) atoms. The molecule has 1 N–H and O–H groups in total. The summed E-state index contributed by atoms with van der Waals surface area (Å²) in [5, 5.41) is 3.14. The lowest BCUT2D eigenvalue weighted by atomic mass is 10.1. The van der Waals surface area contributed by atoms with Crippen LogP contribution in [0.2, 0.25) is 10.0 Å². The Morgan fingerprint density at radius 3 is 2.18 bits per heavy atom. The third-order valence-corrected chi connectivity index (χ3v) is 6.37. The van der Waals surface area contributed by atoms with Crippen LogP contribution in [-0.2, 0) is 26.2 Å². The molecule has 0 bridgehead atoms. The first-order chi connectivity index (χ1) is 15.4. The van der Waals surface area contributed by atoms with Crippen molar-refractivity contribution in [3.8, 4) is 0 Å². The molecular weight excluding hydrogens is 492 g/mol. The quantitative estimate of drug-likeness (QED) is 0.518. The minimum absolute atomic E-state index is 0.0201. The van der Waals surface area contributed by atoms with E-state index in [-0.39, 0.29) is 28.2 Å². The van der Waals surface area contributed by atoms with Gasteiger partial charge in [-0.2, -0.15) is 0 Å². The first-order valence-electron chi connectivity index (χ1n) is 10.2. The third kappa shape index (κ3) is 7.87. The largest absolute Gasteiger partial charge is 0.354 e. The van der Waals surface area contributed by atoms with Gasteiger partial charge in [0.15, 0.2) is 0 Å². The highest BCUT2D eigenvalue weighted by molar-refractivity contribution is 7.92. The Bertz CT molecular complexity index is 1080. The fourth-order valence-electron chi connectivity index (χ4n) is 3.06. The van der Waals surface area contributed by atoms with Crippen LogP contribution in [0.3, 0.4) is 0 Å². The number of benzene rings is 2. The highest BCUT2D eigenvalue weighted by atomic mass is 35.5. The second-order valence-electron chi connectivity index (χ2n) is 7.51. The minimum atomic E-state index is -3.90. The van der Waals surface area contributed by atoms with Crippen molar-refractivity contribution in [2.75, 3.05) is 23.7 Å². The molecule has 1 atom stereocenters. The summed E-state index contributed by atoms with van der Waals surface area (Å²) in [5.74, 6) is -1.45. The molecule has 0 radical (unpaired) electrons. The summed E-state index contributed by atoms with van der Waals surface area (Å²) in [6.07, 6.45) is 1.67. The second kappa shape index (κ2) is 11.7. The zero-order chi connectivity index (χ0) is 24.8. The Labute approximate surface area is 203 Å². The van der Waals surface area contributed by atoms with Crippen molar-refractivity contribution in [1.82, 2.24) is 10.2 Å². The van der Waals surface area contributed by atoms with Crippen molar-refractivity contribution in [1.29, 1.82) is 0 Å². The van der Waals surface area contributed by atoms with Gasteiger partial charge >= 0.3 is 0 Å². The molecule has 2 aromatic carbocycles. The van der Waals surface area contributed by atoms with E-state index in [9.17, 15) is 22.4 Å². The van der Waals surface area contributed by atoms with Gasteiger partial charge in [-0.15, -0.1) is 0 Å². The Kier molecular flexibility index (Phi) is 9.51. The molecule has 0 saturated heterocycles. The van der Waals surface area contributed by atoms with Crippen molar-refractivity contribution in [3.05, 3.63) is 63.9 Å². The molecule has 2 aromatic rings. The number of hydrogen-bond acceptors (Lipinski definition) is 4. The topological polar surface area (TPSA) is 86.8 Å². The molecule has 0 aliphatic carbocycles. The molecule has 0 heterocycles. The van der Waals surface area contributed by atoms with Gasteiger partial charge in [0.2, 0.25) is 21.8 Å². The van der Waals surface area contributed by atoms with E-state index in [0.29, 0.717) is 18.5 Å². The number of halogens is 3. The lowest BCUT2D eigenvalue weighted by Gasteiger charge is -2.31. The lowest BCUT2D eigenvalue weighted by Crippen LogP contribution is -2.51. The summed E-state index contributed by atoms with van der Waals surface area (Å²) in [6.45, 7) is 3.27. The van der Waals surface area contributed by atoms with E-state index < -0.39 is 34.3 Å². The smallest absolute Gasteiger partial charge is 0.244 e. The highest BCUT2D eigenvalue weighted by Crippen LogP contribution is 2.27. The lowest BCUT2D eigenvalue weighted by molar-refractivity contribution is -0.139. The fraction of sp³-hybridized carbons (Fsp3) is 0.364. The summed E-state index contributed by atoms with van der Waals surface area (Å²) >= 11 is 12.0. The maximum absolute atomic E-state index is 13.3. The van der Waals surface area contributed by atoms with Crippen LogP contribution in [0.1, 0.15) is 25.8 Å². The van der Waals surface area contributed by atoms with Gasteiger partial charge in [-0.25, -0.2) is 12.8 Å². The van der Waals surface area contributed by atoms with Crippen LogP contribution in [0.4, 0.5) is 10.1 Å². The van der Waals surface area contributed by atoms with E-state index in [1.807, 2.05) is 6.92 Å². The van der Waals surface area contributed by atoms with Gasteiger partial charge in [0.1, 0.15) is 18.4 Å². The number of carbonyl (C=O) groups excluding carboxylic acids is 2. The zero-order valence-corrected chi connectivity index (χ0v) is 20.8. The van der Waals surface area contributed by atoms with Crippen LogP contribution in [0.25, 0.3) is 0 Å². The first-order valence-corrected chi connectivity index (χ1v) is 12.8. The Hall–Kier alpha value is -2.36. The Balaban J connectivity index is 2.39. The van der Waals surface area contributed by atoms with Crippen LogP contribution >= 0.6 is 23.2 Å². The second-order valence-corrected chi connectivity index (χ2v) is 10.3. The molecule has 11 heteroatoms. The van der Waals surface area contributed by atoms with Gasteiger partial charge in [0, 0.05) is 23.1 Å². The van der Waals surface area contributed by atoms with Gasteiger partial charge in [-0.1, -0.05) is 42.3 Å². The normalized spacial score (nSPS) is 12.2. The molecule has 7 nitrogen and oxygen atoms in total. The molecule has 0 unspecified atom stereocenters. The van der Waals surface area contributed by atoms with E-state index in [0.717, 1.165) is 10.6 Å². The molecule has 180 valence electrons. The van der Waals surface area contributed by atoms with E-state index in [2.05, 4.69) is 5.32 Å². The zero-order valence-electron chi connectivity index (χ0n) is 18.5. The SMILES string of the molecule is CCCNC(=O)[C@@H](C)N(Cc1ccc(F)cc1)C(=O)CN(c1cc(Cl)cc(Cl)c1)S(C)(=O)=O. The molecule has 0 aliphatic rings. The minimum Gasteiger partial charge on any atom is -0.354 e. The average Bonchev–Trinajstić information content (AvgIpc) is 2.73. The number of sulfonamides is 1. The average molecular weight is 518 g/mol. The molecule has 0 saturated carbocycles. The summed E-state index contributed by atoms with van der Waals surface area (Å²) in [5.41, 5.74) is 0.699. The fourth-order valence-corrected chi connectivity index (χ4v) is 4.41. The van der Waals surface area contributed by atoms with E-state index >= 15 is 0 Å². The summed E-state index contributed by atoms with van der Waals surface area (Å²) in [7, 11) is -3.90. The van der Waals surface area contributed by atoms with Crippen LogP contribution in [0, 0.1) is 5.82 Å². The Morgan fingerprint density at radius 1 is 1.09 bits per heavy atom. The standard InChI is InChI=1S/C22H26Cl2FN3O4S/c1-4-9-26-22(30)15(2)27(13-16-5-7-19(25)8-6-16)21(29)14-28(33(3,31)32)20-11-17(23)10-18(24)12-20/h5-8,10-12,15H,4,9,13-14H2,1-3H3,(H,26,30)/t15-/m1/s1. The van der Waals surface area contributed by atoms with Crippen molar-refractivity contribution in [3.63, 3.8) is 0 Å². The van der Waals surface area contributed by atoms with Crippen LogP contribution in [0.5, 0.6) is 0 Å². The van der Waals surface area contributed by atoms with Gasteiger partial charge in [0.25, 0.3) is 0 Å². The number of carbonyl (C=O) groups is 2. The number of amides is 2. The highest BCUT2D eigenvalue weighted by Gasteiger charge is 2.30. The van der Waals surface area contributed by atoms with Crippen molar-refractivity contribution >= 4 is 50.7 Å². The van der Waals surface area contributed by atoms with Gasteiger partial charge in [0.05, 0.1) is 11.9 Å². The molecule has 0 spiro atoms. The van der Waals surface area contributed by atoms with E-state index in [1.54, 1.807) is 6.92 Å². The Morgan fingerprint density at radius 2 is 1.67 bits per heavy atom. The monoisotopic (exact) mass is 517 g/mol. The van der Waals surface area contributed by atoms with Gasteiger partial charge < -0.3 is 10.2 Å². The van der Waals surface area contributed by atoms with Gasteiger partial charge in [-0.05, 0) is 49.2 Å². The summed E-state index contributed by atoms with van der Waals surface area (Å²) in [6, 6.07) is 8.78. The molecular formula is C22H26Cl2FN3O4S. The third-order valence-electron chi connectivity index (χ3n) is 4.80. The molecule has 2 amide bonds. The van der Waals surface area contributed by atoms with Crippen LogP contribution in [0.15, 0.2) is 42.5 Å². The van der Waals surface area contributed by atoms with Crippen molar-refractivity contribution in [2.24, 2.45) is 0 Å². The number of hydrogen-bond donors (Lipinski definition) is 1. The van der Waals surface area contributed by atoms with Crippen molar-refractivity contribution < 1.29 is 22.4 Å². The maximum Gasteiger partial charge on any atom is 0.244 e. The molecule has 0 fully saturated rings. The van der Waals surface area contributed by atoms with Crippen molar-refractivity contribution in [2.45, 2.75) is 32.9 Å². The molecule has 0 aromatic heterocycles. The van der Waals surface area contributed by atoms with Gasteiger partial charge in [-0.3, -0.25) is 13.9 Å². The molecule has 2 rings (SSSR count). The summed E-state index contributed by atoms with van der Waals surface area (Å²) < 4.78 is 39.2. The first kappa shape index (κ1) is 26.9. The predicted octanol–water partition coefficient (Wildman–Crippen LogP) is 3.84. The number of nitrogens with one attached hydrogen (secondary N) is 1. The number of nitrogens with zero attached hydrogens (tertiary/aromatic N) is 2. The summed E-state index contributed by atoms with van der Waals surface area (Å²) in [4.78, 5) is 27.2.